The van der Waals surface area contributed by atoms with E-state index in [0.29, 0.717) is 6.07 Å². The number of halogens is 2. The Morgan fingerprint density at radius 2 is 2.00 bits per heavy atom. The molecule has 0 saturated carbocycles. The highest BCUT2D eigenvalue weighted by Crippen LogP contribution is 2.24. The normalized spacial score (nSPS) is 14.9. The summed E-state index contributed by atoms with van der Waals surface area (Å²) in [5.41, 5.74) is -3.02. The lowest BCUT2D eigenvalue weighted by Crippen LogP contribution is -2.33. The van der Waals surface area contributed by atoms with E-state index in [1.54, 1.807) is 0 Å². The number of carboxylic acid groups (broad SMARTS) is 1. The monoisotopic (exact) mass is 202 g/mol. The van der Waals surface area contributed by atoms with Gasteiger partial charge in [0.25, 0.3) is 0 Å². The minimum Gasteiger partial charge on any atom is -0.479 e. The summed E-state index contributed by atoms with van der Waals surface area (Å²) in [6.45, 7) is 0.882. The average Bonchev–Trinajstić information content (AvgIpc) is 2.08. The largest absolute Gasteiger partial charge is 0.479 e. The van der Waals surface area contributed by atoms with Crippen molar-refractivity contribution in [1.29, 1.82) is 0 Å². The lowest BCUT2D eigenvalue weighted by molar-refractivity contribution is -0.157. The Bertz CT molecular complexity index is 374. The van der Waals surface area contributed by atoms with Crippen molar-refractivity contribution >= 4 is 5.97 Å². The summed E-state index contributed by atoms with van der Waals surface area (Å²) in [5.74, 6) is -3.40. The SMILES string of the molecule is CC(O)(C(=O)O)c1cc(F)ccc1F. The number of hydrogen-bond donors (Lipinski definition) is 2. The van der Waals surface area contributed by atoms with E-state index in [-0.39, 0.29) is 0 Å². The van der Waals surface area contributed by atoms with Gasteiger partial charge >= 0.3 is 5.97 Å². The smallest absolute Gasteiger partial charge is 0.340 e. The maximum Gasteiger partial charge on any atom is 0.340 e. The Kier molecular flexibility index (Phi) is 2.53. The van der Waals surface area contributed by atoms with Crippen LogP contribution in [0.4, 0.5) is 8.78 Å². The average molecular weight is 202 g/mol. The number of carboxylic acids is 1. The van der Waals surface area contributed by atoms with Gasteiger partial charge in [-0.2, -0.15) is 0 Å². The van der Waals surface area contributed by atoms with E-state index in [4.69, 9.17) is 5.11 Å². The van der Waals surface area contributed by atoms with Crippen molar-refractivity contribution in [3.63, 3.8) is 0 Å². The summed E-state index contributed by atoms with van der Waals surface area (Å²) >= 11 is 0. The van der Waals surface area contributed by atoms with E-state index in [2.05, 4.69) is 0 Å². The van der Waals surface area contributed by atoms with Crippen LogP contribution in [0.1, 0.15) is 12.5 Å². The van der Waals surface area contributed by atoms with Crippen molar-refractivity contribution in [1.82, 2.24) is 0 Å². The van der Waals surface area contributed by atoms with Gasteiger partial charge in [-0.3, -0.25) is 0 Å². The third kappa shape index (κ3) is 1.72. The summed E-state index contributed by atoms with van der Waals surface area (Å²) in [4.78, 5) is 10.5. The molecule has 14 heavy (non-hydrogen) atoms. The molecule has 0 aromatic heterocycles. The van der Waals surface area contributed by atoms with Gasteiger partial charge < -0.3 is 10.2 Å². The zero-order valence-electron chi connectivity index (χ0n) is 7.29. The molecule has 1 aromatic carbocycles. The summed E-state index contributed by atoms with van der Waals surface area (Å²) in [6.07, 6.45) is 0. The van der Waals surface area contributed by atoms with Crippen LogP contribution in [0, 0.1) is 11.6 Å². The van der Waals surface area contributed by atoms with Gasteiger partial charge in [0.2, 0.25) is 0 Å². The molecule has 1 unspecified atom stereocenters. The molecule has 0 aliphatic carbocycles. The Morgan fingerprint density at radius 3 is 2.50 bits per heavy atom. The molecular weight excluding hydrogens is 194 g/mol. The topological polar surface area (TPSA) is 57.5 Å². The summed E-state index contributed by atoms with van der Waals surface area (Å²) in [5, 5.41) is 17.9. The van der Waals surface area contributed by atoms with Gasteiger partial charge in [-0.05, 0) is 25.1 Å². The first kappa shape index (κ1) is 10.6. The quantitative estimate of drug-likeness (QED) is 0.758. The third-order valence-corrected chi connectivity index (χ3v) is 1.87. The fraction of sp³-hybridized carbons (Fsp3) is 0.222. The van der Waals surface area contributed by atoms with Crippen LogP contribution in [-0.2, 0) is 10.4 Å². The Hall–Kier alpha value is -1.49. The van der Waals surface area contributed by atoms with Crippen molar-refractivity contribution in [2.45, 2.75) is 12.5 Å². The maximum absolute atomic E-state index is 13.0. The van der Waals surface area contributed by atoms with Crippen molar-refractivity contribution < 1.29 is 23.8 Å². The summed E-state index contributed by atoms with van der Waals surface area (Å²) < 4.78 is 25.7. The summed E-state index contributed by atoms with van der Waals surface area (Å²) in [7, 11) is 0. The lowest BCUT2D eigenvalue weighted by atomic mass is 9.96. The van der Waals surface area contributed by atoms with Gasteiger partial charge in [-0.15, -0.1) is 0 Å². The zero-order chi connectivity index (χ0) is 10.9. The molecule has 1 rings (SSSR count). The number of aliphatic hydroxyl groups is 1. The third-order valence-electron chi connectivity index (χ3n) is 1.87. The zero-order valence-corrected chi connectivity index (χ0v) is 7.29. The minimum absolute atomic E-state index is 0.593. The van der Waals surface area contributed by atoms with Gasteiger partial charge in [0, 0.05) is 5.56 Å². The fourth-order valence-electron chi connectivity index (χ4n) is 0.986. The van der Waals surface area contributed by atoms with Crippen molar-refractivity contribution in [2.24, 2.45) is 0 Å². The molecule has 0 saturated heterocycles. The first-order valence-electron chi connectivity index (χ1n) is 3.77. The van der Waals surface area contributed by atoms with E-state index in [1.807, 2.05) is 0 Å². The molecule has 1 aromatic rings. The standard InChI is InChI=1S/C9H8F2O3/c1-9(14,8(12)13)6-4-5(10)2-3-7(6)11/h2-4,14H,1H3,(H,12,13). The molecule has 5 heteroatoms. The molecule has 0 bridgehead atoms. The second-order valence-electron chi connectivity index (χ2n) is 3.00. The molecule has 0 fully saturated rings. The first-order valence-corrected chi connectivity index (χ1v) is 3.77. The van der Waals surface area contributed by atoms with Crippen LogP contribution >= 0.6 is 0 Å². The Balaban J connectivity index is 3.31. The number of aliphatic carboxylic acids is 1. The van der Waals surface area contributed by atoms with Crippen molar-refractivity contribution in [3.8, 4) is 0 Å². The fourth-order valence-corrected chi connectivity index (χ4v) is 0.986. The van der Waals surface area contributed by atoms with Gasteiger partial charge in [0.05, 0.1) is 0 Å². The molecule has 0 spiro atoms. The van der Waals surface area contributed by atoms with E-state index < -0.39 is 28.8 Å². The van der Waals surface area contributed by atoms with E-state index in [0.717, 1.165) is 19.1 Å². The predicted octanol–water partition coefficient (Wildman–Crippen LogP) is 1.26. The molecule has 76 valence electrons. The molecule has 0 radical (unpaired) electrons. The van der Waals surface area contributed by atoms with E-state index >= 15 is 0 Å². The van der Waals surface area contributed by atoms with Crippen molar-refractivity contribution in [3.05, 3.63) is 35.4 Å². The molecule has 3 nitrogen and oxygen atoms in total. The number of carbonyl (C=O) groups is 1. The van der Waals surface area contributed by atoms with Crippen molar-refractivity contribution in [2.75, 3.05) is 0 Å². The highest BCUT2D eigenvalue weighted by atomic mass is 19.1. The van der Waals surface area contributed by atoms with E-state index in [1.165, 1.54) is 0 Å². The molecular formula is C9H8F2O3. The highest BCUT2D eigenvalue weighted by Gasteiger charge is 2.35. The Morgan fingerprint density at radius 1 is 1.43 bits per heavy atom. The first-order chi connectivity index (χ1) is 6.35. The van der Waals surface area contributed by atoms with Crippen LogP contribution in [0.2, 0.25) is 0 Å². The second-order valence-corrected chi connectivity index (χ2v) is 3.00. The Labute approximate surface area is 78.6 Å². The highest BCUT2D eigenvalue weighted by molar-refractivity contribution is 5.78. The molecule has 0 amide bonds. The lowest BCUT2D eigenvalue weighted by Gasteiger charge is -2.18. The van der Waals surface area contributed by atoms with Crippen LogP contribution in [0.15, 0.2) is 18.2 Å². The summed E-state index contributed by atoms with van der Waals surface area (Å²) in [6, 6.07) is 2.27. The molecule has 0 heterocycles. The molecule has 1 atom stereocenters. The molecule has 2 N–H and O–H groups in total. The molecule has 0 aliphatic rings. The predicted molar refractivity (Wildman–Crippen MR) is 43.6 cm³/mol. The van der Waals surface area contributed by atoms with Crippen LogP contribution in [0.3, 0.4) is 0 Å². The van der Waals surface area contributed by atoms with Crippen LogP contribution in [-0.4, -0.2) is 16.2 Å². The number of hydrogen-bond acceptors (Lipinski definition) is 2. The van der Waals surface area contributed by atoms with Gasteiger partial charge in [-0.25, -0.2) is 13.6 Å². The molecule has 0 aliphatic heterocycles. The maximum atomic E-state index is 13.0. The van der Waals surface area contributed by atoms with Crippen LogP contribution in [0.5, 0.6) is 0 Å². The van der Waals surface area contributed by atoms with Gasteiger partial charge in [0.15, 0.2) is 5.60 Å². The van der Waals surface area contributed by atoms with Crippen LogP contribution in [0.25, 0.3) is 0 Å². The van der Waals surface area contributed by atoms with Gasteiger partial charge in [0.1, 0.15) is 11.6 Å². The van der Waals surface area contributed by atoms with Crippen LogP contribution < -0.4 is 0 Å². The minimum atomic E-state index is -2.42. The van der Waals surface area contributed by atoms with Gasteiger partial charge in [-0.1, -0.05) is 0 Å². The van der Waals surface area contributed by atoms with E-state index in [9.17, 15) is 18.7 Å². The second kappa shape index (κ2) is 3.34. The number of rotatable bonds is 2. The number of benzene rings is 1.